The summed E-state index contributed by atoms with van der Waals surface area (Å²) in [5, 5.41) is 0. The number of primary amides is 1. The van der Waals surface area contributed by atoms with Crippen LogP contribution in [0.3, 0.4) is 0 Å². The zero-order valence-corrected chi connectivity index (χ0v) is 10.6. The molecule has 1 aliphatic rings. The van der Waals surface area contributed by atoms with Gasteiger partial charge in [0.25, 0.3) is 5.91 Å². The molecule has 18 heavy (non-hydrogen) atoms. The van der Waals surface area contributed by atoms with Gasteiger partial charge in [0.1, 0.15) is 0 Å². The number of nitrogens with two attached hydrogens (primary N) is 1. The van der Waals surface area contributed by atoms with Crippen molar-refractivity contribution in [2.75, 3.05) is 11.4 Å². The standard InChI is InChI=1S/C14H18N2O2/c1-2-4-10-6-7-12(11(9-10)14(15)18)16-8-3-5-13(16)17/h6-7,9H,2-5,8H2,1H3,(H2,15,18). The molecule has 4 heteroatoms. The van der Waals surface area contributed by atoms with Crippen molar-refractivity contribution in [3.8, 4) is 0 Å². The van der Waals surface area contributed by atoms with Crippen LogP contribution in [-0.2, 0) is 11.2 Å². The Morgan fingerprint density at radius 3 is 2.78 bits per heavy atom. The summed E-state index contributed by atoms with van der Waals surface area (Å²) in [6.45, 7) is 2.76. The number of carbonyl (C=O) groups is 2. The maximum atomic E-state index is 11.7. The lowest BCUT2D eigenvalue weighted by atomic mass is 10.0. The highest BCUT2D eigenvalue weighted by atomic mass is 16.2. The van der Waals surface area contributed by atoms with Gasteiger partial charge in [0.2, 0.25) is 5.91 Å². The number of hydrogen-bond acceptors (Lipinski definition) is 2. The van der Waals surface area contributed by atoms with Gasteiger partial charge in [-0.1, -0.05) is 19.4 Å². The summed E-state index contributed by atoms with van der Waals surface area (Å²) in [5.74, 6) is -0.400. The molecule has 1 heterocycles. The molecule has 2 amide bonds. The van der Waals surface area contributed by atoms with Crippen molar-refractivity contribution < 1.29 is 9.59 Å². The van der Waals surface area contributed by atoms with E-state index in [1.165, 1.54) is 0 Å². The molecule has 1 aliphatic heterocycles. The van der Waals surface area contributed by atoms with Crippen molar-refractivity contribution in [1.82, 2.24) is 0 Å². The number of rotatable bonds is 4. The molecule has 0 aliphatic carbocycles. The first-order chi connectivity index (χ1) is 8.63. The van der Waals surface area contributed by atoms with Crippen LogP contribution in [0.5, 0.6) is 0 Å². The van der Waals surface area contributed by atoms with E-state index in [4.69, 9.17) is 5.73 Å². The summed E-state index contributed by atoms with van der Waals surface area (Å²) in [4.78, 5) is 24.9. The van der Waals surface area contributed by atoms with Crippen molar-refractivity contribution in [1.29, 1.82) is 0 Å². The average molecular weight is 246 g/mol. The van der Waals surface area contributed by atoms with Gasteiger partial charge >= 0.3 is 0 Å². The lowest BCUT2D eigenvalue weighted by molar-refractivity contribution is -0.117. The summed E-state index contributed by atoms with van der Waals surface area (Å²) in [6.07, 6.45) is 3.32. The predicted octanol–water partition coefficient (Wildman–Crippen LogP) is 1.86. The second kappa shape index (κ2) is 5.21. The van der Waals surface area contributed by atoms with E-state index in [1.54, 1.807) is 4.90 Å². The number of hydrogen-bond donors (Lipinski definition) is 1. The van der Waals surface area contributed by atoms with Crippen LogP contribution >= 0.6 is 0 Å². The van der Waals surface area contributed by atoms with E-state index in [1.807, 2.05) is 18.2 Å². The van der Waals surface area contributed by atoms with E-state index in [2.05, 4.69) is 6.92 Å². The van der Waals surface area contributed by atoms with Crippen LogP contribution in [0.4, 0.5) is 5.69 Å². The number of amides is 2. The zero-order valence-electron chi connectivity index (χ0n) is 10.6. The highest BCUT2D eigenvalue weighted by Crippen LogP contribution is 2.26. The summed E-state index contributed by atoms with van der Waals surface area (Å²) in [6, 6.07) is 5.62. The average Bonchev–Trinajstić information content (AvgIpc) is 2.76. The normalized spacial score (nSPS) is 15.2. The molecular weight excluding hydrogens is 228 g/mol. The molecule has 0 spiro atoms. The number of anilines is 1. The summed E-state index contributed by atoms with van der Waals surface area (Å²) in [7, 11) is 0. The van der Waals surface area contributed by atoms with Crippen molar-refractivity contribution in [3.63, 3.8) is 0 Å². The fraction of sp³-hybridized carbons (Fsp3) is 0.429. The van der Waals surface area contributed by atoms with Crippen LogP contribution in [0.2, 0.25) is 0 Å². The minimum Gasteiger partial charge on any atom is -0.366 e. The van der Waals surface area contributed by atoms with Gasteiger partial charge in [-0.05, 0) is 30.5 Å². The maximum Gasteiger partial charge on any atom is 0.250 e. The molecule has 4 nitrogen and oxygen atoms in total. The van der Waals surface area contributed by atoms with E-state index in [0.29, 0.717) is 24.2 Å². The molecule has 0 saturated carbocycles. The van der Waals surface area contributed by atoms with Crippen molar-refractivity contribution in [3.05, 3.63) is 29.3 Å². The molecule has 0 aromatic heterocycles. The molecule has 0 radical (unpaired) electrons. The van der Waals surface area contributed by atoms with E-state index in [9.17, 15) is 9.59 Å². The van der Waals surface area contributed by atoms with E-state index >= 15 is 0 Å². The largest absolute Gasteiger partial charge is 0.366 e. The first-order valence-corrected chi connectivity index (χ1v) is 6.36. The molecule has 2 N–H and O–H groups in total. The van der Waals surface area contributed by atoms with Gasteiger partial charge in [-0.3, -0.25) is 9.59 Å². The molecule has 1 fully saturated rings. The Hall–Kier alpha value is -1.84. The van der Waals surface area contributed by atoms with E-state index < -0.39 is 5.91 Å². The molecule has 1 aromatic carbocycles. The van der Waals surface area contributed by atoms with Gasteiger partial charge in [0.15, 0.2) is 0 Å². The molecular formula is C14H18N2O2. The van der Waals surface area contributed by atoms with Crippen LogP contribution in [0, 0.1) is 0 Å². The first-order valence-electron chi connectivity index (χ1n) is 6.36. The van der Waals surface area contributed by atoms with Gasteiger partial charge in [-0.2, -0.15) is 0 Å². The minimum atomic E-state index is -0.470. The van der Waals surface area contributed by atoms with Gasteiger partial charge in [0.05, 0.1) is 11.3 Å². The highest BCUT2D eigenvalue weighted by Gasteiger charge is 2.25. The number of aryl methyl sites for hydroxylation is 1. The summed E-state index contributed by atoms with van der Waals surface area (Å²) >= 11 is 0. The van der Waals surface area contributed by atoms with Crippen molar-refractivity contribution >= 4 is 17.5 Å². The smallest absolute Gasteiger partial charge is 0.250 e. The minimum absolute atomic E-state index is 0.0701. The molecule has 1 aromatic rings. The van der Waals surface area contributed by atoms with Gasteiger partial charge < -0.3 is 10.6 Å². The first kappa shape index (κ1) is 12.6. The Bertz CT molecular complexity index is 483. The summed E-state index contributed by atoms with van der Waals surface area (Å²) < 4.78 is 0. The molecule has 2 rings (SSSR count). The molecule has 0 atom stereocenters. The SMILES string of the molecule is CCCc1ccc(N2CCCC2=O)c(C(N)=O)c1. The molecule has 0 unspecified atom stereocenters. The van der Waals surface area contributed by atoms with Crippen LogP contribution in [0.15, 0.2) is 18.2 Å². The quantitative estimate of drug-likeness (QED) is 0.881. The van der Waals surface area contributed by atoms with Crippen molar-refractivity contribution in [2.45, 2.75) is 32.6 Å². The number of benzene rings is 1. The lowest BCUT2D eigenvalue weighted by Crippen LogP contribution is -2.27. The number of carbonyl (C=O) groups excluding carboxylic acids is 2. The molecule has 1 saturated heterocycles. The Morgan fingerprint density at radius 2 is 2.22 bits per heavy atom. The Labute approximate surface area is 107 Å². The fourth-order valence-electron chi connectivity index (χ4n) is 2.36. The topological polar surface area (TPSA) is 63.4 Å². The van der Waals surface area contributed by atoms with Crippen molar-refractivity contribution in [2.24, 2.45) is 5.73 Å². The van der Waals surface area contributed by atoms with Gasteiger partial charge in [-0.15, -0.1) is 0 Å². The third-order valence-corrected chi connectivity index (χ3v) is 3.23. The lowest BCUT2D eigenvalue weighted by Gasteiger charge is -2.19. The van der Waals surface area contributed by atoms with E-state index in [0.717, 1.165) is 24.8 Å². The van der Waals surface area contributed by atoms with E-state index in [-0.39, 0.29) is 5.91 Å². The predicted molar refractivity (Wildman–Crippen MR) is 70.5 cm³/mol. The monoisotopic (exact) mass is 246 g/mol. The maximum absolute atomic E-state index is 11.7. The third kappa shape index (κ3) is 2.37. The summed E-state index contributed by atoms with van der Waals surface area (Å²) in [5.41, 5.74) is 7.61. The van der Waals surface area contributed by atoms with Crippen LogP contribution < -0.4 is 10.6 Å². The van der Waals surface area contributed by atoms with Crippen LogP contribution in [0.1, 0.15) is 42.1 Å². The second-order valence-corrected chi connectivity index (χ2v) is 4.61. The molecule has 0 bridgehead atoms. The Morgan fingerprint density at radius 1 is 1.44 bits per heavy atom. The van der Waals surface area contributed by atoms with Crippen LogP contribution in [0.25, 0.3) is 0 Å². The van der Waals surface area contributed by atoms with Gasteiger partial charge in [-0.25, -0.2) is 0 Å². The number of nitrogens with zero attached hydrogens (tertiary/aromatic N) is 1. The fourth-order valence-corrected chi connectivity index (χ4v) is 2.36. The van der Waals surface area contributed by atoms with Crippen LogP contribution in [-0.4, -0.2) is 18.4 Å². The van der Waals surface area contributed by atoms with Gasteiger partial charge in [0, 0.05) is 13.0 Å². The second-order valence-electron chi connectivity index (χ2n) is 4.61. The Balaban J connectivity index is 2.40. The third-order valence-electron chi connectivity index (χ3n) is 3.23. The Kier molecular flexibility index (Phi) is 3.65. The zero-order chi connectivity index (χ0) is 13.1. The molecule has 96 valence electrons. The highest BCUT2D eigenvalue weighted by molar-refractivity contribution is 6.05.